The Bertz CT molecular complexity index is 656. The van der Waals surface area contributed by atoms with Crippen LogP contribution in [0.1, 0.15) is 17.5 Å². The van der Waals surface area contributed by atoms with Gasteiger partial charge in [-0.15, -0.1) is 0 Å². The van der Waals surface area contributed by atoms with Crippen LogP contribution in [-0.4, -0.2) is 81.5 Å². The van der Waals surface area contributed by atoms with Crippen molar-refractivity contribution in [1.29, 1.82) is 0 Å². The third kappa shape index (κ3) is 5.33. The number of hydrogen-bond donors (Lipinski definition) is 2. The molecule has 1 atom stereocenters. The van der Waals surface area contributed by atoms with Crippen molar-refractivity contribution in [2.45, 2.75) is 25.3 Å². The number of benzene rings is 1. The van der Waals surface area contributed by atoms with Crippen LogP contribution in [0.3, 0.4) is 0 Å². The number of guanidine groups is 1. The highest BCUT2D eigenvalue weighted by Gasteiger charge is 2.40. The molecule has 2 N–H and O–H groups in total. The summed E-state index contributed by atoms with van der Waals surface area (Å²) in [5.41, 5.74) is 2.69. The Morgan fingerprint density at radius 2 is 2.14 bits per heavy atom. The summed E-state index contributed by atoms with van der Waals surface area (Å²) < 4.78 is 11.0. The standard InChI is InChI=1S/C21H34N4O2S/c1-17-4-5-19(26-3)18(14-17)6-8-23-20(22-2)24-15-21(7-13-28-16-21)25-9-11-27-12-10-25/h4-5,14H,6-13,15-16H2,1-3H3,(H2,22,23,24). The zero-order chi connectivity index (χ0) is 19.8. The van der Waals surface area contributed by atoms with Gasteiger partial charge in [0.2, 0.25) is 0 Å². The van der Waals surface area contributed by atoms with Crippen molar-refractivity contribution in [1.82, 2.24) is 15.5 Å². The third-order valence-corrected chi connectivity index (χ3v) is 6.93. The van der Waals surface area contributed by atoms with E-state index >= 15 is 0 Å². The van der Waals surface area contributed by atoms with Gasteiger partial charge in [-0.05, 0) is 37.1 Å². The van der Waals surface area contributed by atoms with E-state index in [9.17, 15) is 0 Å². The number of aliphatic imine (C=N–C) groups is 1. The van der Waals surface area contributed by atoms with Gasteiger partial charge in [0.15, 0.2) is 5.96 Å². The van der Waals surface area contributed by atoms with E-state index in [4.69, 9.17) is 9.47 Å². The smallest absolute Gasteiger partial charge is 0.191 e. The molecule has 2 aliphatic rings. The normalized spacial score (nSPS) is 23.6. The van der Waals surface area contributed by atoms with E-state index in [1.54, 1.807) is 7.11 Å². The first-order valence-electron chi connectivity index (χ1n) is 10.2. The average Bonchev–Trinajstić information content (AvgIpc) is 3.21. The molecule has 1 aromatic carbocycles. The molecule has 0 aliphatic carbocycles. The second-order valence-corrected chi connectivity index (χ2v) is 8.65. The highest BCUT2D eigenvalue weighted by molar-refractivity contribution is 7.99. The summed E-state index contributed by atoms with van der Waals surface area (Å²) in [5, 5.41) is 7.05. The lowest BCUT2D eigenvalue weighted by Crippen LogP contribution is -2.60. The molecule has 28 heavy (non-hydrogen) atoms. The Kier molecular flexibility index (Phi) is 7.88. The Hall–Kier alpha value is -1.44. The van der Waals surface area contributed by atoms with E-state index < -0.39 is 0 Å². The average molecular weight is 407 g/mol. The molecule has 0 saturated carbocycles. The minimum atomic E-state index is 0.214. The number of nitrogens with zero attached hydrogens (tertiary/aromatic N) is 2. The van der Waals surface area contributed by atoms with E-state index in [0.717, 1.165) is 57.5 Å². The molecule has 1 unspecified atom stereocenters. The Morgan fingerprint density at radius 1 is 1.32 bits per heavy atom. The molecular weight excluding hydrogens is 372 g/mol. The van der Waals surface area contributed by atoms with Gasteiger partial charge < -0.3 is 20.1 Å². The first-order valence-corrected chi connectivity index (χ1v) is 11.3. The fourth-order valence-electron chi connectivity index (χ4n) is 4.02. The summed E-state index contributed by atoms with van der Waals surface area (Å²) >= 11 is 2.06. The number of methoxy groups -OCH3 is 1. The van der Waals surface area contributed by atoms with Gasteiger partial charge in [-0.2, -0.15) is 11.8 Å². The van der Waals surface area contributed by atoms with Gasteiger partial charge in [0.1, 0.15) is 5.75 Å². The van der Waals surface area contributed by atoms with Crippen molar-refractivity contribution in [3.8, 4) is 5.75 Å². The Balaban J connectivity index is 1.52. The van der Waals surface area contributed by atoms with Gasteiger partial charge in [0.25, 0.3) is 0 Å². The van der Waals surface area contributed by atoms with Crippen LogP contribution in [0.15, 0.2) is 23.2 Å². The summed E-state index contributed by atoms with van der Waals surface area (Å²) in [5.74, 6) is 4.23. The maximum absolute atomic E-state index is 5.56. The quantitative estimate of drug-likeness (QED) is 0.533. The molecule has 2 saturated heterocycles. The van der Waals surface area contributed by atoms with Crippen molar-refractivity contribution in [3.05, 3.63) is 29.3 Å². The van der Waals surface area contributed by atoms with Gasteiger partial charge in [-0.1, -0.05) is 17.7 Å². The Labute approximate surface area is 173 Å². The van der Waals surface area contributed by atoms with Gasteiger partial charge in [-0.25, -0.2) is 0 Å². The summed E-state index contributed by atoms with van der Waals surface area (Å²) in [6.07, 6.45) is 2.12. The third-order valence-electron chi connectivity index (χ3n) is 5.70. The SMILES string of the molecule is CN=C(NCCc1cc(C)ccc1OC)NCC1(N2CCOCC2)CCSC1. The topological polar surface area (TPSA) is 58.1 Å². The van der Waals surface area contributed by atoms with Crippen molar-refractivity contribution in [3.63, 3.8) is 0 Å². The van der Waals surface area contributed by atoms with Gasteiger partial charge in [-0.3, -0.25) is 9.89 Å². The molecule has 1 aromatic rings. The van der Waals surface area contributed by atoms with E-state index in [-0.39, 0.29) is 5.54 Å². The molecule has 0 radical (unpaired) electrons. The van der Waals surface area contributed by atoms with Crippen LogP contribution in [0.5, 0.6) is 5.75 Å². The minimum Gasteiger partial charge on any atom is -0.496 e. The summed E-state index contributed by atoms with van der Waals surface area (Å²) in [7, 11) is 3.57. The largest absolute Gasteiger partial charge is 0.496 e. The number of nitrogens with one attached hydrogen (secondary N) is 2. The van der Waals surface area contributed by atoms with Crippen molar-refractivity contribution >= 4 is 17.7 Å². The zero-order valence-electron chi connectivity index (χ0n) is 17.4. The maximum atomic E-state index is 5.56. The maximum Gasteiger partial charge on any atom is 0.191 e. The first kappa shape index (κ1) is 21.3. The minimum absolute atomic E-state index is 0.214. The zero-order valence-corrected chi connectivity index (χ0v) is 18.2. The van der Waals surface area contributed by atoms with E-state index in [0.29, 0.717) is 0 Å². The molecule has 156 valence electrons. The molecule has 0 bridgehead atoms. The summed E-state index contributed by atoms with van der Waals surface area (Å²) in [4.78, 5) is 7.05. The van der Waals surface area contributed by atoms with Crippen molar-refractivity contribution < 1.29 is 9.47 Å². The number of morpholine rings is 1. The second-order valence-electron chi connectivity index (χ2n) is 7.54. The molecule has 3 rings (SSSR count). The fraction of sp³-hybridized carbons (Fsp3) is 0.667. The van der Waals surface area contributed by atoms with Crippen LogP contribution in [0, 0.1) is 6.92 Å². The predicted octanol–water partition coefficient (Wildman–Crippen LogP) is 1.92. The summed E-state index contributed by atoms with van der Waals surface area (Å²) in [6, 6.07) is 6.32. The monoisotopic (exact) mass is 406 g/mol. The number of ether oxygens (including phenoxy) is 2. The van der Waals surface area contributed by atoms with Crippen LogP contribution in [0.25, 0.3) is 0 Å². The van der Waals surface area contributed by atoms with Crippen LogP contribution < -0.4 is 15.4 Å². The lowest BCUT2D eigenvalue weighted by molar-refractivity contribution is -0.0120. The van der Waals surface area contributed by atoms with Crippen LogP contribution >= 0.6 is 11.8 Å². The molecule has 7 heteroatoms. The number of rotatable bonds is 7. The van der Waals surface area contributed by atoms with E-state index in [1.807, 2.05) is 13.1 Å². The number of aryl methyl sites for hydroxylation is 1. The van der Waals surface area contributed by atoms with Crippen molar-refractivity contribution in [2.24, 2.45) is 4.99 Å². The predicted molar refractivity (Wildman–Crippen MR) is 118 cm³/mol. The molecular formula is C21H34N4O2S. The van der Waals surface area contributed by atoms with Gasteiger partial charge in [0.05, 0.1) is 20.3 Å². The first-order chi connectivity index (χ1) is 13.7. The lowest BCUT2D eigenvalue weighted by Gasteiger charge is -2.43. The van der Waals surface area contributed by atoms with E-state index in [1.165, 1.54) is 29.1 Å². The highest BCUT2D eigenvalue weighted by atomic mass is 32.2. The van der Waals surface area contributed by atoms with Gasteiger partial charge in [0, 0.05) is 44.5 Å². The number of hydrogen-bond acceptors (Lipinski definition) is 5. The van der Waals surface area contributed by atoms with Crippen molar-refractivity contribution in [2.75, 3.05) is 65.1 Å². The number of thioether (sulfide) groups is 1. The lowest BCUT2D eigenvalue weighted by atomic mass is 9.95. The molecule has 0 spiro atoms. The molecule has 0 amide bonds. The molecule has 2 aliphatic heterocycles. The summed E-state index contributed by atoms with van der Waals surface area (Å²) in [6.45, 7) is 7.60. The van der Waals surface area contributed by atoms with Crippen LogP contribution in [-0.2, 0) is 11.2 Å². The Morgan fingerprint density at radius 3 is 2.82 bits per heavy atom. The molecule has 2 heterocycles. The van der Waals surface area contributed by atoms with Gasteiger partial charge >= 0.3 is 0 Å². The highest BCUT2D eigenvalue weighted by Crippen LogP contribution is 2.33. The van der Waals surface area contributed by atoms with E-state index in [2.05, 4.69) is 51.3 Å². The fourth-order valence-corrected chi connectivity index (χ4v) is 5.50. The van der Waals surface area contributed by atoms with Crippen LogP contribution in [0.2, 0.25) is 0 Å². The van der Waals surface area contributed by atoms with Crippen LogP contribution in [0.4, 0.5) is 0 Å². The second kappa shape index (κ2) is 10.4. The molecule has 0 aromatic heterocycles. The molecule has 6 nitrogen and oxygen atoms in total. The molecule has 2 fully saturated rings.